The number of ether oxygens (including phenoxy) is 2. The Bertz CT molecular complexity index is 406. The number of hydrogen-bond acceptors (Lipinski definition) is 4. The fourth-order valence-electron chi connectivity index (χ4n) is 1.78. The highest BCUT2D eigenvalue weighted by atomic mass is 19.4. The molecule has 106 valence electrons. The molecule has 1 fully saturated rings. The van der Waals surface area contributed by atoms with Crippen molar-refractivity contribution >= 4 is 0 Å². The Morgan fingerprint density at radius 2 is 2.00 bits per heavy atom. The highest BCUT2D eigenvalue weighted by Crippen LogP contribution is 2.23. The Hall–Kier alpha value is -1.31. The molecular formula is C12H15F3N2O2. The third kappa shape index (κ3) is 5.06. The van der Waals surface area contributed by atoms with Crippen molar-refractivity contribution in [2.75, 3.05) is 26.3 Å². The summed E-state index contributed by atoms with van der Waals surface area (Å²) in [5.41, 5.74) is 3.87. The molecule has 0 bridgehead atoms. The van der Waals surface area contributed by atoms with E-state index in [0.717, 1.165) is 18.7 Å². The van der Waals surface area contributed by atoms with Crippen molar-refractivity contribution in [3.8, 4) is 5.75 Å². The van der Waals surface area contributed by atoms with Gasteiger partial charge in [-0.05, 0) is 17.7 Å². The molecule has 0 radical (unpaired) electrons. The molecule has 0 saturated carbocycles. The standard InChI is InChI=1S/C12H15F3N2O2/c13-12(14,15)19-11-3-1-2-10(8-11)9-16-17-4-6-18-7-5-17/h1-3,8,16H,4-7,9H2. The van der Waals surface area contributed by atoms with E-state index in [9.17, 15) is 13.2 Å². The molecule has 1 aromatic carbocycles. The van der Waals surface area contributed by atoms with Crippen LogP contribution in [0.1, 0.15) is 5.56 Å². The smallest absolute Gasteiger partial charge is 0.406 e. The van der Waals surface area contributed by atoms with Crippen LogP contribution in [0, 0.1) is 0 Å². The summed E-state index contributed by atoms with van der Waals surface area (Å²) in [6, 6.07) is 5.95. The predicted molar refractivity (Wildman–Crippen MR) is 62.4 cm³/mol. The highest BCUT2D eigenvalue weighted by molar-refractivity contribution is 5.28. The van der Waals surface area contributed by atoms with Gasteiger partial charge in [-0.15, -0.1) is 13.2 Å². The number of hydrogen-bond donors (Lipinski definition) is 1. The Morgan fingerprint density at radius 3 is 2.68 bits per heavy atom. The Kier molecular flexibility index (Phi) is 4.62. The van der Waals surface area contributed by atoms with Gasteiger partial charge in [0.1, 0.15) is 5.75 Å². The van der Waals surface area contributed by atoms with Crippen LogP contribution in [0.5, 0.6) is 5.75 Å². The summed E-state index contributed by atoms with van der Waals surface area (Å²) in [6.07, 6.45) is -4.66. The van der Waals surface area contributed by atoms with Gasteiger partial charge in [-0.1, -0.05) is 12.1 Å². The number of nitrogens with zero attached hydrogens (tertiary/aromatic N) is 1. The van der Waals surface area contributed by atoms with Crippen molar-refractivity contribution < 1.29 is 22.6 Å². The molecule has 1 saturated heterocycles. The molecule has 1 aliphatic heterocycles. The average molecular weight is 276 g/mol. The van der Waals surface area contributed by atoms with Crippen molar-refractivity contribution in [1.82, 2.24) is 10.4 Å². The normalized spacial score (nSPS) is 17.4. The summed E-state index contributed by atoms with van der Waals surface area (Å²) in [5.74, 6) is -0.200. The summed E-state index contributed by atoms with van der Waals surface area (Å²) in [4.78, 5) is 0. The number of alkyl halides is 3. The van der Waals surface area contributed by atoms with Crippen LogP contribution in [0.2, 0.25) is 0 Å². The van der Waals surface area contributed by atoms with Gasteiger partial charge in [-0.3, -0.25) is 5.43 Å². The largest absolute Gasteiger partial charge is 0.573 e. The zero-order valence-corrected chi connectivity index (χ0v) is 10.2. The average Bonchev–Trinajstić information content (AvgIpc) is 2.36. The van der Waals surface area contributed by atoms with Gasteiger partial charge in [0.2, 0.25) is 0 Å². The second-order valence-corrected chi connectivity index (χ2v) is 4.13. The maximum absolute atomic E-state index is 12.1. The van der Waals surface area contributed by atoms with Crippen molar-refractivity contribution in [2.24, 2.45) is 0 Å². The van der Waals surface area contributed by atoms with Crippen molar-refractivity contribution in [3.05, 3.63) is 29.8 Å². The molecule has 0 aromatic heterocycles. The number of halogens is 3. The van der Waals surface area contributed by atoms with Crippen LogP contribution >= 0.6 is 0 Å². The molecule has 2 rings (SSSR count). The Morgan fingerprint density at radius 1 is 1.26 bits per heavy atom. The number of hydrazine groups is 1. The fourth-order valence-corrected chi connectivity index (χ4v) is 1.78. The molecule has 0 unspecified atom stereocenters. The molecule has 1 aromatic rings. The van der Waals surface area contributed by atoms with Crippen LogP contribution < -0.4 is 10.2 Å². The predicted octanol–water partition coefficient (Wildman–Crippen LogP) is 1.92. The fraction of sp³-hybridized carbons (Fsp3) is 0.500. The third-order valence-electron chi connectivity index (χ3n) is 2.65. The quantitative estimate of drug-likeness (QED) is 0.911. The summed E-state index contributed by atoms with van der Waals surface area (Å²) in [6.45, 7) is 3.29. The lowest BCUT2D eigenvalue weighted by Gasteiger charge is -2.27. The van der Waals surface area contributed by atoms with Crippen molar-refractivity contribution in [2.45, 2.75) is 12.9 Å². The number of morpholine rings is 1. The van der Waals surface area contributed by atoms with Gasteiger partial charge in [0.25, 0.3) is 0 Å². The minimum atomic E-state index is -4.66. The molecular weight excluding hydrogens is 261 g/mol. The van der Waals surface area contributed by atoms with Gasteiger partial charge in [0.15, 0.2) is 0 Å². The van der Waals surface area contributed by atoms with E-state index in [0.29, 0.717) is 19.8 Å². The first kappa shape index (κ1) is 14.1. The van der Waals surface area contributed by atoms with Crippen LogP contribution in [0.3, 0.4) is 0 Å². The SMILES string of the molecule is FC(F)(F)Oc1cccc(CNN2CCOCC2)c1. The molecule has 4 nitrogen and oxygen atoms in total. The second kappa shape index (κ2) is 6.23. The van der Waals surface area contributed by atoms with E-state index >= 15 is 0 Å². The first-order valence-electron chi connectivity index (χ1n) is 5.94. The van der Waals surface area contributed by atoms with E-state index in [1.54, 1.807) is 6.07 Å². The van der Waals surface area contributed by atoms with Crippen molar-refractivity contribution in [1.29, 1.82) is 0 Å². The summed E-state index contributed by atoms with van der Waals surface area (Å²) in [7, 11) is 0. The lowest BCUT2D eigenvalue weighted by Crippen LogP contribution is -2.45. The van der Waals surface area contributed by atoms with Gasteiger partial charge in [-0.25, -0.2) is 5.01 Å². The molecule has 19 heavy (non-hydrogen) atoms. The molecule has 0 aliphatic carbocycles. The molecule has 0 amide bonds. The zero-order chi connectivity index (χ0) is 13.7. The lowest BCUT2D eigenvalue weighted by atomic mass is 10.2. The highest BCUT2D eigenvalue weighted by Gasteiger charge is 2.31. The minimum Gasteiger partial charge on any atom is -0.406 e. The molecule has 1 N–H and O–H groups in total. The van der Waals surface area contributed by atoms with Crippen molar-refractivity contribution in [3.63, 3.8) is 0 Å². The van der Waals surface area contributed by atoms with Gasteiger partial charge < -0.3 is 9.47 Å². The van der Waals surface area contributed by atoms with E-state index < -0.39 is 6.36 Å². The van der Waals surface area contributed by atoms with Crippen LogP contribution in [0.4, 0.5) is 13.2 Å². The maximum atomic E-state index is 12.1. The molecule has 0 spiro atoms. The third-order valence-corrected chi connectivity index (χ3v) is 2.65. The zero-order valence-electron chi connectivity index (χ0n) is 10.2. The lowest BCUT2D eigenvalue weighted by molar-refractivity contribution is -0.274. The summed E-state index contributed by atoms with van der Waals surface area (Å²) < 4.78 is 45.3. The van der Waals surface area contributed by atoms with Crippen LogP contribution in [-0.2, 0) is 11.3 Å². The van der Waals surface area contributed by atoms with Gasteiger partial charge in [-0.2, -0.15) is 0 Å². The van der Waals surface area contributed by atoms with E-state index in [4.69, 9.17) is 4.74 Å². The van der Waals surface area contributed by atoms with Gasteiger partial charge in [0.05, 0.1) is 13.2 Å². The molecule has 0 atom stereocenters. The molecule has 1 aliphatic rings. The number of nitrogens with one attached hydrogen (secondary N) is 1. The topological polar surface area (TPSA) is 33.7 Å². The van der Waals surface area contributed by atoms with E-state index in [1.165, 1.54) is 18.2 Å². The summed E-state index contributed by atoms with van der Waals surface area (Å²) in [5, 5.41) is 1.99. The van der Waals surface area contributed by atoms with Gasteiger partial charge >= 0.3 is 6.36 Å². The van der Waals surface area contributed by atoms with Crippen LogP contribution in [0.15, 0.2) is 24.3 Å². The first-order chi connectivity index (χ1) is 9.03. The number of rotatable bonds is 4. The minimum absolute atomic E-state index is 0.200. The summed E-state index contributed by atoms with van der Waals surface area (Å²) >= 11 is 0. The van der Waals surface area contributed by atoms with Crippen LogP contribution in [-0.4, -0.2) is 37.7 Å². The molecule has 7 heteroatoms. The van der Waals surface area contributed by atoms with E-state index in [1.807, 2.05) is 5.01 Å². The monoisotopic (exact) mass is 276 g/mol. The Labute approximate surface area is 109 Å². The van der Waals surface area contributed by atoms with E-state index in [-0.39, 0.29) is 5.75 Å². The maximum Gasteiger partial charge on any atom is 0.573 e. The van der Waals surface area contributed by atoms with Gasteiger partial charge in [0, 0.05) is 19.6 Å². The van der Waals surface area contributed by atoms with E-state index in [2.05, 4.69) is 10.2 Å². The number of benzene rings is 1. The second-order valence-electron chi connectivity index (χ2n) is 4.13. The van der Waals surface area contributed by atoms with Crippen LogP contribution in [0.25, 0.3) is 0 Å². The Balaban J connectivity index is 1.87. The first-order valence-corrected chi connectivity index (χ1v) is 5.94. The molecule has 1 heterocycles.